The van der Waals surface area contributed by atoms with Gasteiger partial charge in [0.15, 0.2) is 0 Å². The number of hydrogen-bond acceptors (Lipinski definition) is 3. The first-order valence-corrected chi connectivity index (χ1v) is 8.99. The summed E-state index contributed by atoms with van der Waals surface area (Å²) < 4.78 is 1.92. The SMILES string of the molecule is Cc1c(CN2CCC[C@@](C)(C(=O)NC3CCCC3)C2)cnn1C. The summed E-state index contributed by atoms with van der Waals surface area (Å²) >= 11 is 0. The zero-order valence-corrected chi connectivity index (χ0v) is 14.8. The monoisotopic (exact) mass is 318 g/mol. The molecule has 0 unspecified atom stereocenters. The molecular weight excluding hydrogens is 288 g/mol. The van der Waals surface area contributed by atoms with Crippen LogP contribution in [0.3, 0.4) is 0 Å². The van der Waals surface area contributed by atoms with E-state index in [1.807, 2.05) is 17.9 Å². The highest BCUT2D eigenvalue weighted by atomic mass is 16.2. The average molecular weight is 318 g/mol. The Bertz CT molecular complexity index is 561. The normalized spacial score (nSPS) is 26.6. The van der Waals surface area contributed by atoms with Crippen molar-refractivity contribution in [1.82, 2.24) is 20.0 Å². The molecular formula is C18H30N4O. The minimum absolute atomic E-state index is 0.253. The largest absolute Gasteiger partial charge is 0.353 e. The van der Waals surface area contributed by atoms with Gasteiger partial charge in [0, 0.05) is 37.4 Å². The van der Waals surface area contributed by atoms with E-state index in [4.69, 9.17) is 0 Å². The first kappa shape index (κ1) is 16.5. The van der Waals surface area contributed by atoms with E-state index in [0.717, 1.165) is 45.3 Å². The maximum absolute atomic E-state index is 12.8. The first-order valence-electron chi connectivity index (χ1n) is 8.99. The fourth-order valence-corrected chi connectivity index (χ4v) is 4.03. The molecule has 23 heavy (non-hydrogen) atoms. The predicted octanol–water partition coefficient (Wildman–Crippen LogP) is 2.39. The summed E-state index contributed by atoms with van der Waals surface area (Å²) in [7, 11) is 1.98. The molecule has 2 aliphatic rings. The molecule has 1 aromatic rings. The van der Waals surface area contributed by atoms with Gasteiger partial charge in [0.25, 0.3) is 0 Å². The standard InChI is InChI=1S/C18H30N4O/c1-14-15(11-19-21(14)3)12-22-10-6-9-18(2,13-22)17(23)20-16-7-4-5-8-16/h11,16H,4-10,12-13H2,1-3H3,(H,20,23)/t18-/m1/s1. The molecule has 1 atom stereocenters. The molecule has 1 aliphatic heterocycles. The molecule has 2 fully saturated rings. The summed E-state index contributed by atoms with van der Waals surface area (Å²) in [5, 5.41) is 7.64. The van der Waals surface area contributed by atoms with Gasteiger partial charge in [0.1, 0.15) is 0 Å². The van der Waals surface area contributed by atoms with Crippen LogP contribution in [0.2, 0.25) is 0 Å². The van der Waals surface area contributed by atoms with Crippen molar-refractivity contribution in [2.24, 2.45) is 12.5 Å². The van der Waals surface area contributed by atoms with Crippen LogP contribution in [-0.4, -0.2) is 39.7 Å². The number of carbonyl (C=O) groups excluding carboxylic acids is 1. The van der Waals surface area contributed by atoms with Crippen LogP contribution in [0.15, 0.2) is 6.20 Å². The van der Waals surface area contributed by atoms with Crippen molar-refractivity contribution in [3.63, 3.8) is 0 Å². The Balaban J connectivity index is 1.62. The summed E-state index contributed by atoms with van der Waals surface area (Å²) in [4.78, 5) is 15.2. The van der Waals surface area contributed by atoms with Crippen LogP contribution in [0.25, 0.3) is 0 Å². The smallest absolute Gasteiger partial charge is 0.227 e. The molecule has 0 aromatic carbocycles. The van der Waals surface area contributed by atoms with Crippen molar-refractivity contribution < 1.29 is 4.79 Å². The number of likely N-dealkylation sites (tertiary alicyclic amines) is 1. The van der Waals surface area contributed by atoms with Gasteiger partial charge in [0.2, 0.25) is 5.91 Å². The molecule has 1 saturated heterocycles. The van der Waals surface area contributed by atoms with Gasteiger partial charge in [0.05, 0.1) is 11.6 Å². The molecule has 0 spiro atoms. The third kappa shape index (κ3) is 3.60. The van der Waals surface area contributed by atoms with Crippen LogP contribution in [0, 0.1) is 12.3 Å². The third-order valence-corrected chi connectivity index (χ3v) is 5.74. The second kappa shape index (κ2) is 6.63. The maximum atomic E-state index is 12.8. The lowest BCUT2D eigenvalue weighted by Crippen LogP contribution is -2.51. The first-order chi connectivity index (χ1) is 11.0. The number of aromatic nitrogens is 2. The number of rotatable bonds is 4. The van der Waals surface area contributed by atoms with Crippen molar-refractivity contribution in [1.29, 1.82) is 0 Å². The van der Waals surface area contributed by atoms with Crippen LogP contribution in [0.4, 0.5) is 0 Å². The molecule has 5 nitrogen and oxygen atoms in total. The summed E-state index contributed by atoms with van der Waals surface area (Å²) in [6, 6.07) is 0.412. The molecule has 2 heterocycles. The number of nitrogens with one attached hydrogen (secondary N) is 1. The number of carbonyl (C=O) groups is 1. The molecule has 1 saturated carbocycles. The van der Waals surface area contributed by atoms with E-state index in [-0.39, 0.29) is 11.3 Å². The van der Waals surface area contributed by atoms with Crippen LogP contribution in [-0.2, 0) is 18.4 Å². The Morgan fingerprint density at radius 2 is 2.13 bits per heavy atom. The van der Waals surface area contributed by atoms with Crippen LogP contribution in [0.5, 0.6) is 0 Å². The van der Waals surface area contributed by atoms with Crippen LogP contribution >= 0.6 is 0 Å². The molecule has 1 aromatic heterocycles. The molecule has 0 bridgehead atoms. The van der Waals surface area contributed by atoms with Crippen molar-refractivity contribution in [3.8, 4) is 0 Å². The van der Waals surface area contributed by atoms with E-state index in [0.29, 0.717) is 6.04 Å². The van der Waals surface area contributed by atoms with Gasteiger partial charge in [-0.3, -0.25) is 14.4 Å². The highest BCUT2D eigenvalue weighted by Gasteiger charge is 2.38. The summed E-state index contributed by atoms with van der Waals surface area (Å²) in [5.41, 5.74) is 2.23. The molecule has 128 valence electrons. The van der Waals surface area contributed by atoms with Gasteiger partial charge in [-0.25, -0.2) is 0 Å². The average Bonchev–Trinajstić information content (AvgIpc) is 3.13. The second-order valence-electron chi connectivity index (χ2n) is 7.71. The lowest BCUT2D eigenvalue weighted by Gasteiger charge is -2.39. The van der Waals surface area contributed by atoms with E-state index < -0.39 is 0 Å². The molecule has 5 heteroatoms. The van der Waals surface area contributed by atoms with E-state index in [9.17, 15) is 4.79 Å². The highest BCUT2D eigenvalue weighted by Crippen LogP contribution is 2.31. The summed E-state index contributed by atoms with van der Waals surface area (Å²) in [5.74, 6) is 0.261. The number of aryl methyl sites for hydroxylation is 1. The summed E-state index contributed by atoms with van der Waals surface area (Å²) in [6.45, 7) is 7.06. The minimum Gasteiger partial charge on any atom is -0.353 e. The van der Waals surface area contributed by atoms with Gasteiger partial charge >= 0.3 is 0 Å². The van der Waals surface area contributed by atoms with Crippen LogP contribution in [0.1, 0.15) is 56.7 Å². The van der Waals surface area contributed by atoms with Gasteiger partial charge in [-0.05, 0) is 46.1 Å². The Kier molecular flexibility index (Phi) is 4.76. The van der Waals surface area contributed by atoms with E-state index in [1.54, 1.807) is 0 Å². The second-order valence-corrected chi connectivity index (χ2v) is 7.71. The number of hydrogen-bond donors (Lipinski definition) is 1. The Morgan fingerprint density at radius 1 is 1.39 bits per heavy atom. The topological polar surface area (TPSA) is 50.2 Å². The number of amides is 1. The number of piperidine rings is 1. The van der Waals surface area contributed by atoms with Crippen molar-refractivity contribution in [2.75, 3.05) is 13.1 Å². The van der Waals surface area contributed by atoms with Crippen LogP contribution < -0.4 is 5.32 Å². The molecule has 0 radical (unpaired) electrons. The zero-order valence-electron chi connectivity index (χ0n) is 14.8. The Morgan fingerprint density at radius 3 is 2.78 bits per heavy atom. The number of nitrogens with zero attached hydrogens (tertiary/aromatic N) is 3. The third-order valence-electron chi connectivity index (χ3n) is 5.74. The fraction of sp³-hybridized carbons (Fsp3) is 0.778. The Hall–Kier alpha value is -1.36. The van der Waals surface area contributed by atoms with Gasteiger partial charge in [-0.15, -0.1) is 0 Å². The Labute approximate surface area is 139 Å². The molecule has 1 amide bonds. The fourth-order valence-electron chi connectivity index (χ4n) is 4.03. The van der Waals surface area contributed by atoms with Gasteiger partial charge in [-0.2, -0.15) is 5.10 Å². The molecule has 3 rings (SSSR count). The minimum atomic E-state index is -0.253. The summed E-state index contributed by atoms with van der Waals surface area (Å²) in [6.07, 6.45) is 8.87. The van der Waals surface area contributed by atoms with E-state index >= 15 is 0 Å². The highest BCUT2D eigenvalue weighted by molar-refractivity contribution is 5.82. The lowest BCUT2D eigenvalue weighted by molar-refractivity contribution is -0.134. The zero-order chi connectivity index (χ0) is 16.4. The quantitative estimate of drug-likeness (QED) is 0.927. The molecule has 1 N–H and O–H groups in total. The van der Waals surface area contributed by atoms with Crippen molar-refractivity contribution >= 4 is 5.91 Å². The maximum Gasteiger partial charge on any atom is 0.227 e. The molecule has 1 aliphatic carbocycles. The van der Waals surface area contributed by atoms with Gasteiger partial charge < -0.3 is 5.32 Å². The van der Waals surface area contributed by atoms with E-state index in [1.165, 1.54) is 24.1 Å². The predicted molar refractivity (Wildman–Crippen MR) is 91.0 cm³/mol. The lowest BCUT2D eigenvalue weighted by atomic mass is 9.80. The van der Waals surface area contributed by atoms with E-state index in [2.05, 4.69) is 29.2 Å². The van der Waals surface area contributed by atoms with Crippen molar-refractivity contribution in [3.05, 3.63) is 17.5 Å². The van der Waals surface area contributed by atoms with Crippen molar-refractivity contribution in [2.45, 2.75) is 65.0 Å². The van der Waals surface area contributed by atoms with Gasteiger partial charge in [-0.1, -0.05) is 12.8 Å².